The number of halogens is 4. The summed E-state index contributed by atoms with van der Waals surface area (Å²) in [6.07, 6.45) is -4.42. The molecule has 4 nitrogen and oxygen atoms in total. The van der Waals surface area contributed by atoms with Gasteiger partial charge < -0.3 is 14.3 Å². The maximum Gasteiger partial charge on any atom is 0.416 e. The standard InChI is InChI=1S/C24H22F4O4S/c1-14-17(11-20(32-14)15-7-9-18(10-8-15)24(26,27)28)12-31-19-6-4-5-16(21(19)25)13-33-23(2,3)22(29)30/h4-11H,12-13H2,1-3H3,(H,29,30). The molecule has 0 saturated heterocycles. The Balaban J connectivity index is 1.71. The summed E-state index contributed by atoms with van der Waals surface area (Å²) in [7, 11) is 0. The number of carbonyl (C=O) groups is 1. The van der Waals surface area contributed by atoms with Crippen LogP contribution < -0.4 is 4.74 Å². The summed E-state index contributed by atoms with van der Waals surface area (Å²) < 4.78 is 63.3. The summed E-state index contributed by atoms with van der Waals surface area (Å²) >= 11 is 1.10. The van der Waals surface area contributed by atoms with Crippen molar-refractivity contribution in [2.45, 2.75) is 44.1 Å². The zero-order valence-corrected chi connectivity index (χ0v) is 18.9. The molecule has 3 rings (SSSR count). The van der Waals surface area contributed by atoms with Crippen molar-refractivity contribution in [1.29, 1.82) is 0 Å². The lowest BCUT2D eigenvalue weighted by atomic mass is 10.1. The molecule has 9 heteroatoms. The summed E-state index contributed by atoms with van der Waals surface area (Å²) in [5.74, 6) is -0.514. The Morgan fingerprint density at radius 3 is 2.36 bits per heavy atom. The first-order valence-corrected chi connectivity index (χ1v) is 10.9. The van der Waals surface area contributed by atoms with E-state index in [4.69, 9.17) is 9.15 Å². The molecule has 0 bridgehead atoms. The lowest BCUT2D eigenvalue weighted by Crippen LogP contribution is -2.27. The van der Waals surface area contributed by atoms with Gasteiger partial charge in [-0.05, 0) is 45.0 Å². The van der Waals surface area contributed by atoms with Crippen molar-refractivity contribution in [2.75, 3.05) is 0 Å². The molecule has 0 radical (unpaired) electrons. The van der Waals surface area contributed by atoms with Crippen LogP contribution in [0.1, 0.15) is 36.3 Å². The number of carboxylic acid groups (broad SMARTS) is 1. The molecule has 1 heterocycles. The number of rotatable bonds is 8. The fourth-order valence-corrected chi connectivity index (χ4v) is 3.75. The van der Waals surface area contributed by atoms with Gasteiger partial charge >= 0.3 is 12.1 Å². The second-order valence-corrected chi connectivity index (χ2v) is 9.49. The van der Waals surface area contributed by atoms with Crippen LogP contribution in [0.2, 0.25) is 0 Å². The third-order valence-corrected chi connectivity index (χ3v) is 6.40. The van der Waals surface area contributed by atoms with Gasteiger partial charge in [0.25, 0.3) is 0 Å². The molecular formula is C24H22F4O4S. The van der Waals surface area contributed by atoms with Gasteiger partial charge in [0.2, 0.25) is 0 Å². The number of benzene rings is 2. The Labute approximate surface area is 192 Å². The highest BCUT2D eigenvalue weighted by molar-refractivity contribution is 8.00. The van der Waals surface area contributed by atoms with E-state index in [0.717, 1.165) is 23.9 Å². The molecule has 2 aromatic carbocycles. The van der Waals surface area contributed by atoms with E-state index in [1.807, 2.05) is 0 Å². The Hall–Kier alpha value is -2.94. The first kappa shape index (κ1) is 24.7. The predicted octanol–water partition coefficient (Wildman–Crippen LogP) is 7.09. The molecule has 3 aromatic rings. The van der Waals surface area contributed by atoms with Crippen molar-refractivity contribution in [3.05, 3.63) is 76.8 Å². The van der Waals surface area contributed by atoms with Crippen LogP contribution in [0.3, 0.4) is 0 Å². The maximum atomic E-state index is 14.9. The summed E-state index contributed by atoms with van der Waals surface area (Å²) in [5.41, 5.74) is 0.666. The molecule has 0 saturated carbocycles. The van der Waals surface area contributed by atoms with E-state index in [9.17, 15) is 27.5 Å². The summed E-state index contributed by atoms with van der Waals surface area (Å²) in [6, 6.07) is 10.9. The number of thioether (sulfide) groups is 1. The third-order valence-electron chi connectivity index (χ3n) is 5.05. The molecule has 0 fully saturated rings. The summed E-state index contributed by atoms with van der Waals surface area (Å²) in [6.45, 7) is 4.77. The largest absolute Gasteiger partial charge is 0.486 e. The van der Waals surface area contributed by atoms with E-state index < -0.39 is 28.3 Å². The Kier molecular flexibility index (Phi) is 7.11. The first-order chi connectivity index (χ1) is 15.4. The SMILES string of the molecule is Cc1oc(-c2ccc(C(F)(F)F)cc2)cc1COc1cccc(CSC(C)(C)C(=O)O)c1F. The normalized spacial score (nSPS) is 12.1. The topological polar surface area (TPSA) is 59.7 Å². The van der Waals surface area contributed by atoms with Gasteiger partial charge in [-0.1, -0.05) is 24.3 Å². The smallest absolute Gasteiger partial charge is 0.416 e. The second-order valence-electron chi connectivity index (χ2n) is 7.89. The molecule has 1 N–H and O–H groups in total. The molecule has 1 aromatic heterocycles. The van der Waals surface area contributed by atoms with Gasteiger partial charge in [0.15, 0.2) is 11.6 Å². The Morgan fingerprint density at radius 2 is 1.76 bits per heavy atom. The minimum atomic E-state index is -4.42. The number of aliphatic carboxylic acids is 1. The first-order valence-electron chi connectivity index (χ1n) is 9.93. The number of hydrogen-bond donors (Lipinski definition) is 1. The highest BCUT2D eigenvalue weighted by Gasteiger charge is 2.30. The van der Waals surface area contributed by atoms with Crippen LogP contribution in [0.5, 0.6) is 5.75 Å². The summed E-state index contributed by atoms with van der Waals surface area (Å²) in [4.78, 5) is 11.3. The van der Waals surface area contributed by atoms with Crippen molar-refractivity contribution in [2.24, 2.45) is 0 Å². The molecular weight excluding hydrogens is 460 g/mol. The average molecular weight is 482 g/mol. The maximum absolute atomic E-state index is 14.9. The van der Waals surface area contributed by atoms with Crippen LogP contribution in [0.4, 0.5) is 17.6 Å². The second kappa shape index (κ2) is 9.51. The van der Waals surface area contributed by atoms with Gasteiger partial charge in [-0.3, -0.25) is 4.79 Å². The minimum absolute atomic E-state index is 0.00982. The number of aryl methyl sites for hydroxylation is 1. The number of alkyl halides is 3. The quantitative estimate of drug-likeness (QED) is 0.348. The van der Waals surface area contributed by atoms with Gasteiger partial charge in [-0.25, -0.2) is 4.39 Å². The molecule has 0 aliphatic carbocycles. The lowest BCUT2D eigenvalue weighted by Gasteiger charge is -2.19. The molecule has 0 atom stereocenters. The molecule has 0 amide bonds. The number of furan rings is 1. The zero-order valence-electron chi connectivity index (χ0n) is 18.1. The van der Waals surface area contributed by atoms with Gasteiger partial charge in [-0.2, -0.15) is 13.2 Å². The van der Waals surface area contributed by atoms with Crippen LogP contribution >= 0.6 is 11.8 Å². The zero-order chi connectivity index (χ0) is 24.4. The van der Waals surface area contributed by atoms with Crippen molar-refractivity contribution in [3.63, 3.8) is 0 Å². The van der Waals surface area contributed by atoms with E-state index in [1.165, 1.54) is 18.2 Å². The van der Waals surface area contributed by atoms with Crippen LogP contribution in [0.15, 0.2) is 52.9 Å². The highest BCUT2D eigenvalue weighted by atomic mass is 32.2. The lowest BCUT2D eigenvalue weighted by molar-refractivity contribution is -0.139. The molecule has 176 valence electrons. The average Bonchev–Trinajstić information content (AvgIpc) is 3.12. The Morgan fingerprint density at radius 1 is 1.09 bits per heavy atom. The van der Waals surface area contributed by atoms with E-state index >= 15 is 0 Å². The molecule has 0 unspecified atom stereocenters. The molecule has 0 aliphatic rings. The van der Waals surface area contributed by atoms with Gasteiger partial charge in [0, 0.05) is 22.4 Å². The van der Waals surface area contributed by atoms with Crippen molar-refractivity contribution >= 4 is 17.7 Å². The van der Waals surface area contributed by atoms with Gasteiger partial charge in [0.05, 0.1) is 5.56 Å². The third kappa shape index (κ3) is 5.90. The number of carboxylic acids is 1. The fraction of sp³-hybridized carbons (Fsp3) is 0.292. The van der Waals surface area contributed by atoms with Crippen molar-refractivity contribution in [1.82, 2.24) is 0 Å². The van der Waals surface area contributed by atoms with Crippen LogP contribution in [-0.4, -0.2) is 15.8 Å². The number of hydrogen-bond acceptors (Lipinski definition) is 4. The van der Waals surface area contributed by atoms with E-state index in [2.05, 4.69) is 0 Å². The minimum Gasteiger partial charge on any atom is -0.486 e. The van der Waals surface area contributed by atoms with E-state index in [1.54, 1.807) is 39.0 Å². The molecule has 0 spiro atoms. The van der Waals surface area contributed by atoms with Crippen LogP contribution in [0, 0.1) is 12.7 Å². The van der Waals surface area contributed by atoms with Crippen LogP contribution in [0.25, 0.3) is 11.3 Å². The molecule has 33 heavy (non-hydrogen) atoms. The van der Waals surface area contributed by atoms with Crippen LogP contribution in [-0.2, 0) is 23.3 Å². The van der Waals surface area contributed by atoms with Crippen molar-refractivity contribution < 1.29 is 36.6 Å². The van der Waals surface area contributed by atoms with Gasteiger partial charge in [0.1, 0.15) is 22.9 Å². The Bertz CT molecular complexity index is 1130. The van der Waals surface area contributed by atoms with Crippen molar-refractivity contribution in [3.8, 4) is 17.1 Å². The van der Waals surface area contributed by atoms with E-state index in [-0.39, 0.29) is 18.1 Å². The molecule has 0 aliphatic heterocycles. The van der Waals surface area contributed by atoms with E-state index in [0.29, 0.717) is 28.2 Å². The monoisotopic (exact) mass is 482 g/mol. The number of ether oxygens (including phenoxy) is 1. The predicted molar refractivity (Wildman–Crippen MR) is 118 cm³/mol. The summed E-state index contributed by atoms with van der Waals surface area (Å²) in [5, 5.41) is 9.21. The highest BCUT2D eigenvalue weighted by Crippen LogP contribution is 2.34. The fourth-order valence-electron chi connectivity index (χ4n) is 2.88. The van der Waals surface area contributed by atoms with Gasteiger partial charge in [-0.15, -0.1) is 11.8 Å².